The van der Waals surface area contributed by atoms with Gasteiger partial charge in [0.15, 0.2) is 0 Å². The van der Waals surface area contributed by atoms with Crippen molar-refractivity contribution in [2.75, 3.05) is 19.6 Å². The fraction of sp³-hybridized carbons (Fsp3) is 0.114. The Hall–Kier alpha value is -17.7. The summed E-state index contributed by atoms with van der Waals surface area (Å²) in [6.07, 6.45) is 0. The molecule has 0 saturated heterocycles. The molecule has 148 heavy (non-hydrogen) atoms. The molecular formula is C140H108N6O2. The molecule has 0 atom stereocenters. The number of benzene rings is 22. The predicted octanol–water partition coefficient (Wildman–Crippen LogP) is 40.5. The summed E-state index contributed by atoms with van der Waals surface area (Å²) < 4.78 is 18.8. The van der Waals surface area contributed by atoms with Crippen LogP contribution in [-0.2, 0) is 21.7 Å². The molecule has 0 aliphatic heterocycles. The molecule has 0 N–H and O–H groups in total. The smallest absolute Gasteiger partial charge is 0.143 e. The van der Waals surface area contributed by atoms with E-state index >= 15 is 0 Å². The summed E-state index contributed by atoms with van der Waals surface area (Å²) >= 11 is 0. The van der Waals surface area contributed by atoms with Crippen molar-refractivity contribution in [3.05, 3.63) is 459 Å². The third-order valence-electron chi connectivity index (χ3n) is 31.5. The fourth-order valence-corrected chi connectivity index (χ4v) is 23.8. The predicted molar refractivity (Wildman–Crippen MR) is 630 cm³/mol. The largest absolute Gasteiger partial charge is 0.456 e. The van der Waals surface area contributed by atoms with Crippen LogP contribution < -0.4 is 19.6 Å². The van der Waals surface area contributed by atoms with E-state index in [2.05, 4.69) is 542 Å². The second-order valence-corrected chi connectivity index (χ2v) is 45.0. The summed E-state index contributed by atoms with van der Waals surface area (Å²) in [5, 5.41) is 23.3. The van der Waals surface area contributed by atoms with Crippen molar-refractivity contribution < 1.29 is 8.83 Å². The lowest BCUT2D eigenvalue weighted by atomic mass is 9.86. The first-order valence-corrected chi connectivity index (χ1v) is 51.9. The van der Waals surface area contributed by atoms with Crippen molar-refractivity contribution in [1.29, 1.82) is 0 Å². The zero-order valence-electron chi connectivity index (χ0n) is 85.1. The average molecular weight is 1910 g/mol. The molecule has 0 bridgehead atoms. The van der Waals surface area contributed by atoms with E-state index in [1.807, 2.05) is 6.07 Å². The third-order valence-corrected chi connectivity index (χ3v) is 31.5. The van der Waals surface area contributed by atoms with Gasteiger partial charge in [-0.05, 0) is 364 Å². The monoisotopic (exact) mass is 1900 g/mol. The maximum atomic E-state index is 7.25. The van der Waals surface area contributed by atoms with E-state index in [-0.39, 0.29) is 21.7 Å². The number of nitrogens with zero attached hydrogens (tertiary/aromatic N) is 6. The van der Waals surface area contributed by atoms with Crippen LogP contribution in [-0.4, -0.2) is 8.80 Å². The number of para-hydroxylation sites is 5. The van der Waals surface area contributed by atoms with Crippen molar-refractivity contribution in [3.63, 3.8) is 0 Å². The Bertz CT molecular complexity index is 9850. The highest BCUT2D eigenvalue weighted by atomic mass is 16.3. The number of furan rings is 2. The van der Waals surface area contributed by atoms with Crippen LogP contribution in [0.1, 0.15) is 105 Å². The highest BCUT2D eigenvalue weighted by molar-refractivity contribution is 6.30. The molecule has 0 amide bonds. The Morgan fingerprint density at radius 3 is 0.804 bits per heavy atom. The number of rotatable bonds is 15. The van der Waals surface area contributed by atoms with E-state index in [0.717, 1.165) is 195 Å². The van der Waals surface area contributed by atoms with Crippen LogP contribution in [0.15, 0.2) is 446 Å². The van der Waals surface area contributed by atoms with Gasteiger partial charge < -0.3 is 37.2 Å². The summed E-state index contributed by atoms with van der Waals surface area (Å²) in [6, 6.07) is 164. The number of hydrogen-bond acceptors (Lipinski definition) is 6. The van der Waals surface area contributed by atoms with Crippen molar-refractivity contribution >= 4 is 231 Å². The number of hydrogen-bond donors (Lipinski definition) is 0. The number of aromatic nitrogens is 2. The van der Waals surface area contributed by atoms with Crippen LogP contribution in [0.3, 0.4) is 0 Å². The van der Waals surface area contributed by atoms with E-state index in [1.54, 1.807) is 0 Å². The lowest BCUT2D eigenvalue weighted by molar-refractivity contribution is 0.590. The Morgan fingerprint density at radius 2 is 0.446 bits per heavy atom. The molecule has 0 aliphatic rings. The maximum absolute atomic E-state index is 7.25. The number of anilines is 12. The molecule has 6 heterocycles. The standard InChI is InChI=1S/C140H108N6O2/c1-137(2,3)98-44-56-105(57-45-98)142(106-58-46-99(47-59-106)138(4,5)6)111-53-39-86-72-118-125-79-97(80-126-119-73-87-40-54-112(69-94(87)83-129(119)145(135(125)126)128(118)82-93(86)68-111)143(107-60-48-100(49-61-107)139(7,8)9)108-62-50-101(51-63-108)140(10,11)12)90-43-65-133-122(76-90)116-36-25-35-114(136(116)148-133)91-26-24-33-109(66-91)144(104-31-20-15-21-32-104)113-55-41-88-74-120-124-78-96(89-42-64-132-121(75-89)115-34-22-23-37-131(115)147-132)77-123-117-71-85-38-52-110(141(102-27-16-13-17-28-102)103-29-18-14-19-30-103)67-92(85)81-127(117)146(134(123)124)130(120)84-95(88)70-113/h13-84H,1-12H3. The Balaban J connectivity index is 0.573. The van der Waals surface area contributed by atoms with Gasteiger partial charge in [-0.15, -0.1) is 0 Å². The minimum absolute atomic E-state index is 0.00304. The normalized spacial score (nSPS) is 12.6. The zero-order valence-corrected chi connectivity index (χ0v) is 85.1. The molecule has 28 rings (SSSR count). The van der Waals surface area contributed by atoms with Crippen LogP contribution in [0.4, 0.5) is 68.2 Å². The van der Waals surface area contributed by atoms with E-state index in [4.69, 9.17) is 8.83 Å². The first kappa shape index (κ1) is 88.0. The number of fused-ring (bicyclic) bond motifs is 22. The van der Waals surface area contributed by atoms with Gasteiger partial charge in [0.05, 0.1) is 33.1 Å². The average Bonchev–Trinajstić information content (AvgIpc) is 1.53. The molecular weight excluding hydrogens is 1800 g/mol. The molecule has 0 fully saturated rings. The minimum Gasteiger partial charge on any atom is -0.456 e. The van der Waals surface area contributed by atoms with E-state index in [9.17, 15) is 0 Å². The van der Waals surface area contributed by atoms with Crippen LogP contribution >= 0.6 is 0 Å². The fourth-order valence-electron chi connectivity index (χ4n) is 23.8. The molecule has 6 aromatic heterocycles. The van der Waals surface area contributed by atoms with Crippen LogP contribution in [0.2, 0.25) is 0 Å². The lowest BCUT2D eigenvalue weighted by Gasteiger charge is -2.28. The Kier molecular flexibility index (Phi) is 19.6. The summed E-state index contributed by atoms with van der Waals surface area (Å²) in [4.78, 5) is 9.62. The van der Waals surface area contributed by atoms with Gasteiger partial charge in [0.25, 0.3) is 0 Å². The molecule has 0 saturated carbocycles. The lowest BCUT2D eigenvalue weighted by Crippen LogP contribution is -2.14. The van der Waals surface area contributed by atoms with Gasteiger partial charge in [0.2, 0.25) is 0 Å². The summed E-state index contributed by atoms with van der Waals surface area (Å²) in [5.74, 6) is 0. The quantitative estimate of drug-likeness (QED) is 0.102. The molecule has 0 unspecified atom stereocenters. The molecule has 22 aromatic carbocycles. The maximum Gasteiger partial charge on any atom is 0.143 e. The Morgan fingerprint density at radius 1 is 0.169 bits per heavy atom. The summed E-state index contributed by atoms with van der Waals surface area (Å²) in [6.45, 7) is 27.5. The van der Waals surface area contributed by atoms with Gasteiger partial charge in [0.1, 0.15) is 22.3 Å². The van der Waals surface area contributed by atoms with Crippen LogP contribution in [0.25, 0.3) is 197 Å². The van der Waals surface area contributed by atoms with Crippen molar-refractivity contribution in [1.82, 2.24) is 8.80 Å². The van der Waals surface area contributed by atoms with Gasteiger partial charge in [-0.25, -0.2) is 0 Å². The van der Waals surface area contributed by atoms with Gasteiger partial charge in [-0.1, -0.05) is 271 Å². The highest BCUT2D eigenvalue weighted by Crippen LogP contribution is 2.53. The Labute approximate surface area is 859 Å². The van der Waals surface area contributed by atoms with Crippen molar-refractivity contribution in [2.45, 2.75) is 105 Å². The van der Waals surface area contributed by atoms with E-state index < -0.39 is 0 Å². The first-order chi connectivity index (χ1) is 71.8. The van der Waals surface area contributed by atoms with Gasteiger partial charge >= 0.3 is 0 Å². The first-order valence-electron chi connectivity index (χ1n) is 51.9. The molecule has 28 aromatic rings. The molecule has 8 heteroatoms. The van der Waals surface area contributed by atoms with Gasteiger partial charge in [-0.2, -0.15) is 0 Å². The van der Waals surface area contributed by atoms with Gasteiger partial charge in [0, 0.05) is 138 Å². The van der Waals surface area contributed by atoms with E-state index in [0.29, 0.717) is 0 Å². The SMILES string of the molecule is CC(C)(C)c1ccc(N(c2ccc(C(C)(C)C)cc2)c2ccc3cc4c5cc(-c6ccc7oc8c(-c9cccc(N(c%10ccccc%10)c%10ccc%11cc%12c%13cc(-c%14ccc%15oc%16ccccc%16c%15c%14)cc%14c%15cc%16ccc(N(c%17ccccc%17)c%17ccccc%17)cc%16cc%15n(c%12cc%11c%10)c%14%13)c9)cccc8c7c6)cc6c7cc8ccc(N(c9ccc(C(C)(C)C)cc9)c9ccc(C(C)(C)C)cc9)cc8cc7n(c4cc3c2)c56)cc1. The van der Waals surface area contributed by atoms with Crippen molar-refractivity contribution in [2.24, 2.45) is 0 Å². The topological polar surface area (TPSA) is 48.1 Å². The molecule has 710 valence electrons. The zero-order chi connectivity index (χ0) is 99.8. The van der Waals surface area contributed by atoms with Crippen LogP contribution in [0, 0.1) is 0 Å². The van der Waals surface area contributed by atoms with Crippen LogP contribution in [0.5, 0.6) is 0 Å². The molecule has 8 nitrogen and oxygen atoms in total. The minimum atomic E-state index is 0.00304. The van der Waals surface area contributed by atoms with Gasteiger partial charge in [-0.3, -0.25) is 0 Å². The summed E-state index contributed by atoms with van der Waals surface area (Å²) in [7, 11) is 0. The van der Waals surface area contributed by atoms with E-state index in [1.165, 1.54) is 92.5 Å². The molecule has 0 spiro atoms. The highest BCUT2D eigenvalue weighted by Gasteiger charge is 2.30. The summed E-state index contributed by atoms with van der Waals surface area (Å²) in [5.41, 5.74) is 35.4. The third kappa shape index (κ3) is 14.4. The molecule has 0 radical (unpaired) electrons. The molecule has 0 aliphatic carbocycles. The second kappa shape index (κ2) is 32.9. The second-order valence-electron chi connectivity index (χ2n) is 45.0. The van der Waals surface area contributed by atoms with Crippen molar-refractivity contribution in [3.8, 4) is 33.4 Å².